The molecule has 0 aliphatic carbocycles. The molecule has 1 aliphatic rings. The molecule has 6 nitrogen and oxygen atoms in total. The molecule has 1 aliphatic heterocycles. The van der Waals surface area contributed by atoms with Gasteiger partial charge in [0.15, 0.2) is 0 Å². The highest BCUT2D eigenvalue weighted by atomic mass is 32.2. The van der Waals surface area contributed by atoms with E-state index in [2.05, 4.69) is 6.92 Å². The molecule has 7 heteroatoms. The zero-order valence-electron chi connectivity index (χ0n) is 13.3. The average Bonchev–Trinajstić information content (AvgIpc) is 2.78. The first-order valence-electron chi connectivity index (χ1n) is 7.27. The van der Waals surface area contributed by atoms with Gasteiger partial charge in [0.25, 0.3) is 0 Å². The summed E-state index contributed by atoms with van der Waals surface area (Å²) in [4.78, 5) is 11.7. The van der Waals surface area contributed by atoms with Crippen molar-refractivity contribution < 1.29 is 17.9 Å². The lowest BCUT2D eigenvalue weighted by atomic mass is 10.1. The van der Waals surface area contributed by atoms with Gasteiger partial charge in [0, 0.05) is 6.54 Å². The highest BCUT2D eigenvalue weighted by Gasteiger charge is 2.32. The molecule has 0 unspecified atom stereocenters. The van der Waals surface area contributed by atoms with E-state index in [0.717, 1.165) is 17.5 Å². The van der Waals surface area contributed by atoms with E-state index in [1.54, 1.807) is 26.8 Å². The van der Waals surface area contributed by atoms with Gasteiger partial charge in [-0.25, -0.2) is 9.52 Å². The molecule has 0 saturated carbocycles. The van der Waals surface area contributed by atoms with Crippen LogP contribution in [-0.2, 0) is 27.8 Å². The summed E-state index contributed by atoms with van der Waals surface area (Å²) in [7, 11) is -3.96. The number of hydrogen-bond donors (Lipinski definition) is 1. The monoisotopic (exact) mass is 326 g/mol. The molecule has 1 amide bonds. The molecule has 0 aromatic heterocycles. The van der Waals surface area contributed by atoms with Crippen LogP contribution in [-0.4, -0.2) is 26.7 Å². The molecule has 0 spiro atoms. The third-order valence-electron chi connectivity index (χ3n) is 3.31. The molecule has 0 radical (unpaired) electrons. The Morgan fingerprint density at radius 3 is 2.64 bits per heavy atom. The molecule has 0 atom stereocenters. The Labute approximate surface area is 131 Å². The number of rotatable bonds is 3. The molecule has 22 heavy (non-hydrogen) atoms. The average molecular weight is 326 g/mol. The minimum atomic E-state index is -3.96. The molecular formula is C15H22N2O4S. The predicted octanol–water partition coefficient (Wildman–Crippen LogP) is 2.38. The van der Waals surface area contributed by atoms with Crippen molar-refractivity contribution in [2.75, 3.05) is 10.8 Å². The van der Waals surface area contributed by atoms with Crippen LogP contribution in [0.4, 0.5) is 10.5 Å². The van der Waals surface area contributed by atoms with Crippen molar-refractivity contribution >= 4 is 22.0 Å². The van der Waals surface area contributed by atoms with E-state index in [9.17, 15) is 13.2 Å². The topological polar surface area (TPSA) is 75.7 Å². The van der Waals surface area contributed by atoms with Crippen molar-refractivity contribution in [3.63, 3.8) is 0 Å². The Balaban J connectivity index is 2.18. The fraction of sp³-hybridized carbons (Fsp3) is 0.533. The number of hydrogen-bond acceptors (Lipinski definition) is 4. The Bertz CT molecular complexity index is 677. The van der Waals surface area contributed by atoms with Crippen molar-refractivity contribution in [3.8, 4) is 0 Å². The summed E-state index contributed by atoms with van der Waals surface area (Å²) < 4.78 is 32.9. The Hall–Kier alpha value is -1.76. The summed E-state index contributed by atoms with van der Waals surface area (Å²) in [5.74, 6) is 0. The summed E-state index contributed by atoms with van der Waals surface area (Å²) in [6.45, 7) is 7.40. The van der Waals surface area contributed by atoms with Crippen LogP contribution in [0, 0.1) is 0 Å². The van der Waals surface area contributed by atoms with Gasteiger partial charge < -0.3 is 4.74 Å². The number of carbonyl (C=O) groups is 1. The highest BCUT2D eigenvalue weighted by Crippen LogP contribution is 2.30. The van der Waals surface area contributed by atoms with Crippen molar-refractivity contribution in [2.24, 2.45) is 0 Å². The minimum absolute atomic E-state index is 0.320. The fourth-order valence-electron chi connectivity index (χ4n) is 2.35. The number of amides is 1. The molecule has 1 N–H and O–H groups in total. The third kappa shape index (κ3) is 3.71. The normalized spacial score (nSPS) is 14.6. The molecule has 122 valence electrons. The van der Waals surface area contributed by atoms with Gasteiger partial charge in [0.05, 0.1) is 5.69 Å². The first-order chi connectivity index (χ1) is 10.1. The number of nitrogens with one attached hydrogen (secondary N) is 1. The van der Waals surface area contributed by atoms with Crippen LogP contribution in [0.25, 0.3) is 0 Å². The minimum Gasteiger partial charge on any atom is -0.443 e. The Kier molecular flexibility index (Phi) is 4.37. The van der Waals surface area contributed by atoms with Crippen LogP contribution in [0.3, 0.4) is 0 Å². The number of anilines is 1. The van der Waals surface area contributed by atoms with E-state index in [-0.39, 0.29) is 0 Å². The van der Waals surface area contributed by atoms with E-state index < -0.39 is 21.9 Å². The van der Waals surface area contributed by atoms with Crippen LogP contribution in [0.1, 0.15) is 38.8 Å². The lowest BCUT2D eigenvalue weighted by molar-refractivity contribution is 0.0570. The number of nitrogens with zero attached hydrogens (tertiary/aromatic N) is 1. The molecule has 0 bridgehead atoms. The fourth-order valence-corrected chi connectivity index (χ4v) is 3.48. The van der Waals surface area contributed by atoms with E-state index in [4.69, 9.17) is 4.74 Å². The molecule has 1 aromatic rings. The van der Waals surface area contributed by atoms with Crippen LogP contribution < -0.4 is 9.03 Å². The SMILES string of the molecule is CCc1ccc2c(c1)CCN2S(=O)(=O)NC(=O)OC(C)(C)C. The maximum atomic E-state index is 12.4. The molecule has 1 heterocycles. The second kappa shape index (κ2) is 5.79. The first-order valence-corrected chi connectivity index (χ1v) is 8.71. The number of ether oxygens (including phenoxy) is 1. The second-order valence-corrected chi connectivity index (χ2v) is 7.84. The molecule has 1 aromatic carbocycles. The number of fused-ring (bicyclic) bond motifs is 1. The van der Waals surface area contributed by atoms with Crippen molar-refractivity contribution in [1.29, 1.82) is 0 Å². The maximum Gasteiger partial charge on any atom is 0.422 e. The van der Waals surface area contributed by atoms with Crippen LogP contribution >= 0.6 is 0 Å². The first kappa shape index (κ1) is 16.6. The highest BCUT2D eigenvalue weighted by molar-refractivity contribution is 7.91. The van der Waals surface area contributed by atoms with Gasteiger partial charge >= 0.3 is 16.3 Å². The standard InChI is InChI=1S/C15H22N2O4S/c1-5-11-6-7-13-12(10-11)8-9-17(13)22(19,20)16-14(18)21-15(2,3)4/h6-7,10H,5,8-9H2,1-4H3,(H,16,18). The van der Waals surface area contributed by atoms with Crippen LogP contribution in [0.5, 0.6) is 0 Å². The van der Waals surface area contributed by atoms with Gasteiger partial charge in [0.2, 0.25) is 0 Å². The quantitative estimate of drug-likeness (QED) is 0.925. The number of aryl methyl sites for hydroxylation is 1. The van der Waals surface area contributed by atoms with Gasteiger partial charge in [-0.2, -0.15) is 8.42 Å². The van der Waals surface area contributed by atoms with E-state index in [1.807, 2.05) is 16.9 Å². The Morgan fingerprint density at radius 2 is 2.05 bits per heavy atom. The van der Waals surface area contributed by atoms with Crippen molar-refractivity contribution in [2.45, 2.75) is 46.1 Å². The van der Waals surface area contributed by atoms with Crippen LogP contribution in [0.2, 0.25) is 0 Å². The number of benzene rings is 1. The van der Waals surface area contributed by atoms with Crippen molar-refractivity contribution in [3.05, 3.63) is 29.3 Å². The largest absolute Gasteiger partial charge is 0.443 e. The van der Waals surface area contributed by atoms with Gasteiger partial charge in [-0.3, -0.25) is 4.31 Å². The smallest absolute Gasteiger partial charge is 0.422 e. The van der Waals surface area contributed by atoms with E-state index in [0.29, 0.717) is 18.7 Å². The van der Waals surface area contributed by atoms with Crippen molar-refractivity contribution in [1.82, 2.24) is 4.72 Å². The van der Waals surface area contributed by atoms with Gasteiger partial charge in [-0.05, 0) is 50.8 Å². The Morgan fingerprint density at radius 1 is 1.36 bits per heavy atom. The molecule has 0 fully saturated rings. The van der Waals surface area contributed by atoms with Gasteiger partial charge in [-0.1, -0.05) is 19.1 Å². The predicted molar refractivity (Wildman–Crippen MR) is 85.2 cm³/mol. The zero-order chi connectivity index (χ0) is 16.5. The lowest BCUT2D eigenvalue weighted by Gasteiger charge is -2.23. The summed E-state index contributed by atoms with van der Waals surface area (Å²) in [6, 6.07) is 5.70. The van der Waals surface area contributed by atoms with Gasteiger partial charge in [0.1, 0.15) is 5.60 Å². The molecule has 0 saturated heterocycles. The second-order valence-electron chi connectivity index (χ2n) is 6.25. The summed E-state index contributed by atoms with van der Waals surface area (Å²) >= 11 is 0. The third-order valence-corrected chi connectivity index (χ3v) is 4.69. The number of carbonyl (C=O) groups excluding carboxylic acids is 1. The van der Waals surface area contributed by atoms with E-state index in [1.165, 1.54) is 4.31 Å². The van der Waals surface area contributed by atoms with E-state index >= 15 is 0 Å². The summed E-state index contributed by atoms with van der Waals surface area (Å²) in [6.07, 6.45) is 0.570. The zero-order valence-corrected chi connectivity index (χ0v) is 14.2. The lowest BCUT2D eigenvalue weighted by Crippen LogP contribution is -2.44. The van der Waals surface area contributed by atoms with Gasteiger partial charge in [-0.15, -0.1) is 0 Å². The van der Waals surface area contributed by atoms with Crippen LogP contribution in [0.15, 0.2) is 18.2 Å². The maximum absolute atomic E-state index is 12.4. The molecular weight excluding hydrogens is 304 g/mol. The summed E-state index contributed by atoms with van der Waals surface area (Å²) in [5, 5.41) is 0. The molecule has 2 rings (SSSR count). The summed E-state index contributed by atoms with van der Waals surface area (Å²) in [5.41, 5.74) is 2.01.